The minimum Gasteiger partial charge on any atom is -0.377 e. The van der Waals surface area contributed by atoms with Gasteiger partial charge in [-0.3, -0.25) is 4.79 Å². The van der Waals surface area contributed by atoms with Gasteiger partial charge >= 0.3 is 0 Å². The maximum atomic E-state index is 12.0. The van der Waals surface area contributed by atoms with Crippen LogP contribution in [0.1, 0.15) is 48.9 Å². The number of amides is 1. The van der Waals surface area contributed by atoms with E-state index in [-0.39, 0.29) is 5.91 Å². The number of carbonyl (C=O) groups is 1. The third-order valence-electron chi connectivity index (χ3n) is 6.32. The van der Waals surface area contributed by atoms with Crippen LogP contribution < -0.4 is 21.3 Å². The lowest BCUT2D eigenvalue weighted by molar-refractivity contribution is 0.0519. The van der Waals surface area contributed by atoms with Crippen molar-refractivity contribution in [3.8, 4) is 0 Å². The Morgan fingerprint density at radius 2 is 1.33 bits per heavy atom. The third kappa shape index (κ3) is 10.5. The summed E-state index contributed by atoms with van der Waals surface area (Å²) in [5.74, 6) is 1.46. The van der Waals surface area contributed by atoms with Gasteiger partial charge in [0.2, 0.25) is 17.8 Å². The molecule has 1 aromatic heterocycles. The summed E-state index contributed by atoms with van der Waals surface area (Å²) < 4.78 is 11.2. The Kier molecular flexibility index (Phi) is 11.8. The smallest absolute Gasteiger partial charge is 0.251 e. The van der Waals surface area contributed by atoms with E-state index in [1.807, 2.05) is 48.5 Å². The molecule has 10 nitrogen and oxygen atoms in total. The van der Waals surface area contributed by atoms with Gasteiger partial charge < -0.3 is 30.7 Å². The maximum Gasteiger partial charge on any atom is 0.251 e. The number of nitrogens with one attached hydrogen (secondary N) is 4. The fourth-order valence-electron chi connectivity index (χ4n) is 4.32. The van der Waals surface area contributed by atoms with Crippen molar-refractivity contribution in [2.24, 2.45) is 0 Å². The summed E-state index contributed by atoms with van der Waals surface area (Å²) in [4.78, 5) is 25.8. The fraction of sp³-hybridized carbons (Fsp3) is 0.448. The first-order chi connectivity index (χ1) is 19.3. The van der Waals surface area contributed by atoms with Gasteiger partial charge in [0.1, 0.15) is 0 Å². The number of benzene rings is 2. The molecule has 4 N–H and O–H groups in total. The summed E-state index contributed by atoms with van der Waals surface area (Å²) in [5.41, 5.74) is 1.56. The monoisotopic (exact) mass is 533 g/mol. The number of nitrogens with zero attached hydrogens (tertiary/aromatic N) is 3. The summed E-state index contributed by atoms with van der Waals surface area (Å²) in [7, 11) is 0. The Hall–Kier alpha value is -3.76. The van der Waals surface area contributed by atoms with E-state index in [0.29, 0.717) is 69.0 Å². The standard InChI is InChI=1S/C29H39N7O3/c37-26(23-11-5-3-6-12-23)30-17-19-38-21-22-39-20-18-31-27-34-28(32-24-13-7-1-2-8-14-24)36-29(35-27)33-25-15-9-4-10-16-25/h3-6,9-12,15-16,24H,1-2,7-8,13-14,17-22H2,(H,30,37)(H3,31,32,33,34,35,36). The number of para-hydroxylation sites is 1. The van der Waals surface area contributed by atoms with Gasteiger partial charge in [-0.25, -0.2) is 0 Å². The molecule has 1 saturated carbocycles. The number of hydrogen-bond donors (Lipinski definition) is 4. The van der Waals surface area contributed by atoms with Crippen molar-refractivity contribution in [2.75, 3.05) is 55.5 Å². The molecule has 1 amide bonds. The van der Waals surface area contributed by atoms with E-state index in [1.54, 1.807) is 12.1 Å². The van der Waals surface area contributed by atoms with E-state index < -0.39 is 0 Å². The Bertz CT molecular complexity index is 1110. The van der Waals surface area contributed by atoms with Crippen LogP contribution in [-0.4, -0.2) is 66.4 Å². The molecule has 0 bridgehead atoms. The molecule has 2 aromatic carbocycles. The molecule has 39 heavy (non-hydrogen) atoms. The first-order valence-electron chi connectivity index (χ1n) is 13.8. The molecule has 208 valence electrons. The highest BCUT2D eigenvalue weighted by molar-refractivity contribution is 5.94. The maximum absolute atomic E-state index is 12.0. The molecule has 0 radical (unpaired) electrons. The Balaban J connectivity index is 1.16. The molecule has 0 unspecified atom stereocenters. The summed E-state index contributed by atoms with van der Waals surface area (Å²) >= 11 is 0. The van der Waals surface area contributed by atoms with Gasteiger partial charge in [0.25, 0.3) is 5.91 Å². The van der Waals surface area contributed by atoms with Gasteiger partial charge in [-0.15, -0.1) is 0 Å². The number of anilines is 4. The van der Waals surface area contributed by atoms with E-state index in [2.05, 4.69) is 36.2 Å². The minimum absolute atomic E-state index is 0.102. The lowest BCUT2D eigenvalue weighted by Crippen LogP contribution is -2.27. The van der Waals surface area contributed by atoms with Crippen LogP contribution in [0.4, 0.5) is 23.5 Å². The Morgan fingerprint density at radius 3 is 2.05 bits per heavy atom. The van der Waals surface area contributed by atoms with E-state index in [0.717, 1.165) is 18.5 Å². The van der Waals surface area contributed by atoms with Gasteiger partial charge in [0.15, 0.2) is 0 Å². The number of ether oxygens (including phenoxy) is 2. The third-order valence-corrected chi connectivity index (χ3v) is 6.32. The first-order valence-corrected chi connectivity index (χ1v) is 13.8. The quantitative estimate of drug-likeness (QED) is 0.164. The van der Waals surface area contributed by atoms with Crippen molar-refractivity contribution in [3.63, 3.8) is 0 Å². The van der Waals surface area contributed by atoms with Gasteiger partial charge in [-0.1, -0.05) is 62.1 Å². The van der Waals surface area contributed by atoms with E-state index >= 15 is 0 Å². The molecule has 0 atom stereocenters. The molecule has 10 heteroatoms. The Labute approximate surface area is 230 Å². The van der Waals surface area contributed by atoms with E-state index in [1.165, 1.54) is 25.7 Å². The minimum atomic E-state index is -0.102. The molecule has 0 saturated heterocycles. The van der Waals surface area contributed by atoms with Crippen LogP contribution >= 0.6 is 0 Å². The van der Waals surface area contributed by atoms with Crippen LogP contribution in [0.25, 0.3) is 0 Å². The van der Waals surface area contributed by atoms with Crippen LogP contribution in [0.3, 0.4) is 0 Å². The predicted octanol–water partition coefficient (Wildman–Crippen LogP) is 4.63. The largest absolute Gasteiger partial charge is 0.377 e. The van der Waals surface area contributed by atoms with Gasteiger partial charge in [-0.05, 0) is 37.1 Å². The SMILES string of the molecule is O=C(NCCOCCOCCNc1nc(Nc2ccccc2)nc(NC2CCCCCC2)n1)c1ccccc1. The summed E-state index contributed by atoms with van der Waals surface area (Å²) in [6.07, 6.45) is 7.30. The second kappa shape index (κ2) is 16.3. The van der Waals surface area contributed by atoms with Crippen LogP contribution in [0, 0.1) is 0 Å². The molecule has 1 fully saturated rings. The molecule has 0 aliphatic heterocycles. The van der Waals surface area contributed by atoms with Crippen LogP contribution in [0.5, 0.6) is 0 Å². The first kappa shape index (κ1) is 28.3. The molecule has 1 aliphatic carbocycles. The normalized spacial score (nSPS) is 13.8. The zero-order valence-corrected chi connectivity index (χ0v) is 22.4. The van der Waals surface area contributed by atoms with Crippen molar-refractivity contribution in [3.05, 3.63) is 66.2 Å². The number of carbonyl (C=O) groups excluding carboxylic acids is 1. The molecule has 4 rings (SSSR count). The number of hydrogen-bond acceptors (Lipinski definition) is 9. The summed E-state index contributed by atoms with van der Waals surface area (Å²) in [5, 5.41) is 12.9. The lowest BCUT2D eigenvalue weighted by Gasteiger charge is -2.17. The molecule has 0 spiro atoms. The second-order valence-electron chi connectivity index (χ2n) is 9.40. The molecule has 3 aromatic rings. The van der Waals surface area contributed by atoms with E-state index in [4.69, 9.17) is 9.47 Å². The Morgan fingerprint density at radius 1 is 0.718 bits per heavy atom. The average Bonchev–Trinajstić information content (AvgIpc) is 3.23. The van der Waals surface area contributed by atoms with Crippen molar-refractivity contribution in [1.29, 1.82) is 0 Å². The average molecular weight is 534 g/mol. The lowest BCUT2D eigenvalue weighted by atomic mass is 10.1. The highest BCUT2D eigenvalue weighted by atomic mass is 16.5. The highest BCUT2D eigenvalue weighted by Gasteiger charge is 2.15. The van der Waals surface area contributed by atoms with Crippen LogP contribution in [0.15, 0.2) is 60.7 Å². The highest BCUT2D eigenvalue weighted by Crippen LogP contribution is 2.21. The van der Waals surface area contributed by atoms with Crippen molar-refractivity contribution < 1.29 is 14.3 Å². The van der Waals surface area contributed by atoms with Gasteiger partial charge in [0, 0.05) is 30.4 Å². The molecular weight excluding hydrogens is 494 g/mol. The van der Waals surface area contributed by atoms with Gasteiger partial charge in [-0.2, -0.15) is 15.0 Å². The molecule has 1 aliphatic rings. The number of rotatable bonds is 15. The van der Waals surface area contributed by atoms with Crippen LogP contribution in [-0.2, 0) is 9.47 Å². The predicted molar refractivity (Wildman–Crippen MR) is 154 cm³/mol. The van der Waals surface area contributed by atoms with Crippen molar-refractivity contribution >= 4 is 29.4 Å². The summed E-state index contributed by atoms with van der Waals surface area (Å²) in [6, 6.07) is 19.4. The summed E-state index contributed by atoms with van der Waals surface area (Å²) in [6.45, 7) is 2.82. The topological polar surface area (TPSA) is 122 Å². The van der Waals surface area contributed by atoms with Crippen molar-refractivity contribution in [1.82, 2.24) is 20.3 Å². The molecule has 1 heterocycles. The van der Waals surface area contributed by atoms with Gasteiger partial charge in [0.05, 0.1) is 26.4 Å². The zero-order chi connectivity index (χ0) is 27.0. The van der Waals surface area contributed by atoms with E-state index in [9.17, 15) is 4.79 Å². The second-order valence-corrected chi connectivity index (χ2v) is 9.40. The molecular formula is C29H39N7O3. The zero-order valence-electron chi connectivity index (χ0n) is 22.4. The van der Waals surface area contributed by atoms with Crippen molar-refractivity contribution in [2.45, 2.75) is 44.6 Å². The van der Waals surface area contributed by atoms with Crippen LogP contribution in [0.2, 0.25) is 0 Å². The fourth-order valence-corrected chi connectivity index (χ4v) is 4.32. The number of aromatic nitrogens is 3.